The Kier molecular flexibility index (Phi) is 5.83. The fourth-order valence-electron chi connectivity index (χ4n) is 4.03. The van der Waals surface area contributed by atoms with Crippen molar-refractivity contribution >= 4 is 23.7 Å². The fourth-order valence-corrected chi connectivity index (χ4v) is 4.03. The number of piperidine rings is 1. The number of rotatable bonds is 4. The molecule has 2 aliphatic heterocycles. The van der Waals surface area contributed by atoms with E-state index < -0.39 is 23.2 Å². The van der Waals surface area contributed by atoms with Gasteiger partial charge in [0, 0.05) is 18.8 Å². The number of carbonyl (C=O) groups is 3. The highest BCUT2D eigenvalue weighted by molar-refractivity contribution is 5.95. The Morgan fingerprint density at radius 3 is 2.23 bits per heavy atom. The molecule has 164 valence electrons. The van der Waals surface area contributed by atoms with Crippen molar-refractivity contribution < 1.29 is 29.0 Å². The first kappa shape index (κ1) is 21.7. The third-order valence-electron chi connectivity index (χ3n) is 5.47. The minimum Gasteiger partial charge on any atom is -0.497 e. The highest BCUT2D eigenvalue weighted by Gasteiger charge is 2.54. The number of likely N-dealkylation sites (tertiary alicyclic amines) is 1. The van der Waals surface area contributed by atoms with Crippen LogP contribution in [-0.4, -0.2) is 77.4 Å². The molecule has 2 saturated heterocycles. The van der Waals surface area contributed by atoms with Gasteiger partial charge in [-0.1, -0.05) is 0 Å². The minimum absolute atomic E-state index is 0.184. The van der Waals surface area contributed by atoms with Crippen LogP contribution in [0.2, 0.25) is 0 Å². The lowest BCUT2D eigenvalue weighted by Gasteiger charge is -2.43. The van der Waals surface area contributed by atoms with Gasteiger partial charge in [0.05, 0.1) is 13.8 Å². The molecule has 2 amide bonds. The zero-order chi connectivity index (χ0) is 22.1. The first-order chi connectivity index (χ1) is 14.1. The molecule has 3 rings (SSSR count). The van der Waals surface area contributed by atoms with E-state index in [1.807, 2.05) is 49.9 Å². The fraction of sp³-hybridized carbons (Fsp3) is 0.571. The second kappa shape index (κ2) is 8.04. The zero-order valence-corrected chi connectivity index (χ0v) is 17.9. The van der Waals surface area contributed by atoms with Crippen LogP contribution in [0.1, 0.15) is 33.6 Å². The van der Waals surface area contributed by atoms with E-state index in [4.69, 9.17) is 9.47 Å². The van der Waals surface area contributed by atoms with E-state index >= 15 is 0 Å². The molecule has 2 fully saturated rings. The van der Waals surface area contributed by atoms with Crippen molar-refractivity contribution in [2.24, 2.45) is 0 Å². The third kappa shape index (κ3) is 4.29. The first-order valence-corrected chi connectivity index (χ1v) is 9.96. The van der Waals surface area contributed by atoms with E-state index in [1.165, 1.54) is 4.90 Å². The van der Waals surface area contributed by atoms with Crippen molar-refractivity contribution in [2.75, 3.05) is 38.3 Å². The van der Waals surface area contributed by atoms with Crippen molar-refractivity contribution in [3.63, 3.8) is 0 Å². The molecule has 1 N–H and O–H groups in total. The Hall–Kier alpha value is -2.97. The zero-order valence-electron chi connectivity index (χ0n) is 17.9. The van der Waals surface area contributed by atoms with Crippen LogP contribution in [-0.2, 0) is 14.3 Å². The van der Waals surface area contributed by atoms with E-state index in [0.717, 1.165) is 5.69 Å². The Bertz CT molecular complexity index is 809. The van der Waals surface area contributed by atoms with Gasteiger partial charge in [-0.25, -0.2) is 4.79 Å². The number of ether oxygens (including phenoxy) is 2. The van der Waals surface area contributed by atoms with Gasteiger partial charge in [-0.3, -0.25) is 9.59 Å². The Labute approximate surface area is 176 Å². The van der Waals surface area contributed by atoms with E-state index in [-0.39, 0.29) is 19.1 Å². The molecule has 0 atom stereocenters. The second-order valence-electron chi connectivity index (χ2n) is 8.66. The van der Waals surface area contributed by atoms with Crippen LogP contribution >= 0.6 is 0 Å². The molecule has 0 radical (unpaired) electrons. The molecule has 2 aliphatic rings. The lowest BCUT2D eigenvalue weighted by Crippen LogP contribution is -2.57. The van der Waals surface area contributed by atoms with Gasteiger partial charge in [-0.15, -0.1) is 0 Å². The van der Waals surface area contributed by atoms with E-state index in [9.17, 15) is 19.5 Å². The number of benzene rings is 1. The van der Waals surface area contributed by atoms with Gasteiger partial charge < -0.3 is 29.3 Å². The quantitative estimate of drug-likeness (QED) is 0.798. The van der Waals surface area contributed by atoms with Crippen molar-refractivity contribution in [1.82, 2.24) is 9.80 Å². The van der Waals surface area contributed by atoms with Crippen LogP contribution in [0.3, 0.4) is 0 Å². The summed E-state index contributed by atoms with van der Waals surface area (Å²) < 4.78 is 10.7. The maximum Gasteiger partial charge on any atom is 0.410 e. The number of anilines is 1. The summed E-state index contributed by atoms with van der Waals surface area (Å²) in [7, 11) is 1.58. The highest BCUT2D eigenvalue weighted by atomic mass is 16.6. The smallest absolute Gasteiger partial charge is 0.410 e. The van der Waals surface area contributed by atoms with E-state index in [1.54, 1.807) is 12.0 Å². The maximum atomic E-state index is 13.3. The summed E-state index contributed by atoms with van der Waals surface area (Å²) in [5, 5.41) is 9.23. The number of carbonyl (C=O) groups excluding carboxylic acids is 2. The normalized spacial score (nSPS) is 18.7. The molecule has 9 nitrogen and oxygen atoms in total. The molecule has 0 unspecified atom stereocenters. The number of carboxylic acids is 1. The predicted molar refractivity (Wildman–Crippen MR) is 109 cm³/mol. The summed E-state index contributed by atoms with van der Waals surface area (Å²) in [6, 6.07) is 7.34. The number of methoxy groups -OCH3 is 1. The summed E-state index contributed by atoms with van der Waals surface area (Å²) in [6.07, 6.45) is 0.390. The molecule has 0 saturated carbocycles. The molecule has 1 aromatic carbocycles. The second-order valence-corrected chi connectivity index (χ2v) is 8.66. The minimum atomic E-state index is -1.05. The lowest BCUT2D eigenvalue weighted by molar-refractivity contribution is -0.144. The summed E-state index contributed by atoms with van der Waals surface area (Å²) in [4.78, 5) is 41.9. The topological polar surface area (TPSA) is 99.6 Å². The van der Waals surface area contributed by atoms with Crippen LogP contribution in [0, 0.1) is 0 Å². The number of amides is 2. The van der Waals surface area contributed by atoms with Gasteiger partial charge in [-0.2, -0.15) is 0 Å². The van der Waals surface area contributed by atoms with Crippen LogP contribution < -0.4 is 9.64 Å². The van der Waals surface area contributed by atoms with Crippen molar-refractivity contribution in [2.45, 2.75) is 44.8 Å². The molecule has 1 spiro atoms. The number of carboxylic acid groups (broad SMARTS) is 1. The van der Waals surface area contributed by atoms with Crippen LogP contribution in [0.5, 0.6) is 5.75 Å². The highest BCUT2D eigenvalue weighted by Crippen LogP contribution is 2.40. The Morgan fingerprint density at radius 2 is 1.73 bits per heavy atom. The number of hydrogen-bond donors (Lipinski definition) is 1. The molecule has 2 heterocycles. The summed E-state index contributed by atoms with van der Waals surface area (Å²) >= 11 is 0. The Balaban J connectivity index is 1.84. The van der Waals surface area contributed by atoms with Crippen LogP contribution in [0.4, 0.5) is 10.5 Å². The molecular formula is C21H29N3O6. The molecule has 9 heteroatoms. The van der Waals surface area contributed by atoms with Gasteiger partial charge in [0.15, 0.2) is 0 Å². The average Bonchev–Trinajstić information content (AvgIpc) is 2.93. The number of aliphatic carboxylic acids is 1. The monoisotopic (exact) mass is 419 g/mol. The molecule has 30 heavy (non-hydrogen) atoms. The van der Waals surface area contributed by atoms with Gasteiger partial charge in [0.2, 0.25) is 0 Å². The summed E-state index contributed by atoms with van der Waals surface area (Å²) in [6.45, 7) is 5.97. The van der Waals surface area contributed by atoms with Gasteiger partial charge in [0.25, 0.3) is 5.91 Å². The third-order valence-corrected chi connectivity index (χ3v) is 5.47. The Morgan fingerprint density at radius 1 is 1.13 bits per heavy atom. The van der Waals surface area contributed by atoms with E-state index in [2.05, 4.69) is 0 Å². The van der Waals surface area contributed by atoms with Crippen LogP contribution in [0.15, 0.2) is 24.3 Å². The first-order valence-electron chi connectivity index (χ1n) is 9.96. The number of hydrogen-bond acceptors (Lipinski definition) is 6. The largest absolute Gasteiger partial charge is 0.497 e. The molecule has 0 bridgehead atoms. The van der Waals surface area contributed by atoms with E-state index in [0.29, 0.717) is 31.7 Å². The van der Waals surface area contributed by atoms with Crippen molar-refractivity contribution in [3.8, 4) is 5.75 Å². The molecule has 0 aromatic heterocycles. The maximum absolute atomic E-state index is 13.3. The molecular weight excluding hydrogens is 390 g/mol. The summed E-state index contributed by atoms with van der Waals surface area (Å²) in [5.41, 5.74) is -0.673. The van der Waals surface area contributed by atoms with Gasteiger partial charge >= 0.3 is 12.1 Å². The van der Waals surface area contributed by atoms with Gasteiger partial charge in [0.1, 0.15) is 23.4 Å². The summed E-state index contributed by atoms with van der Waals surface area (Å²) in [5.74, 6) is -0.578. The van der Waals surface area contributed by atoms with Crippen molar-refractivity contribution in [1.29, 1.82) is 0 Å². The standard InChI is InChI=1S/C21H29N3O6/c1-20(2,3)30-19(28)22-11-9-21(10-12-22)18(27)23(13-17(25)26)14-24(21)15-5-7-16(29-4)8-6-15/h5-8H,9-14H2,1-4H3,(H,25,26). The number of nitrogens with zero attached hydrogens (tertiary/aromatic N) is 3. The molecule has 0 aliphatic carbocycles. The predicted octanol–water partition coefficient (Wildman–Crippen LogP) is 2.16. The average molecular weight is 419 g/mol. The van der Waals surface area contributed by atoms with Crippen molar-refractivity contribution in [3.05, 3.63) is 24.3 Å². The molecule has 1 aromatic rings. The van der Waals surface area contributed by atoms with Crippen LogP contribution in [0.25, 0.3) is 0 Å². The SMILES string of the molecule is COc1ccc(N2CN(CC(=O)O)C(=O)C23CCN(C(=O)OC(C)(C)C)CC3)cc1. The lowest BCUT2D eigenvalue weighted by atomic mass is 9.85. The van der Waals surface area contributed by atoms with Gasteiger partial charge in [-0.05, 0) is 57.9 Å².